The van der Waals surface area contributed by atoms with E-state index in [9.17, 15) is 4.79 Å². The zero-order valence-electron chi connectivity index (χ0n) is 12.6. The number of carbonyl (C=O) groups is 1. The van der Waals surface area contributed by atoms with Crippen molar-refractivity contribution in [3.8, 4) is 11.3 Å². The summed E-state index contributed by atoms with van der Waals surface area (Å²) >= 11 is 7.28. The first kappa shape index (κ1) is 16.4. The van der Waals surface area contributed by atoms with Crippen LogP contribution in [0.15, 0.2) is 65.1 Å². The van der Waals surface area contributed by atoms with Crippen molar-refractivity contribution in [1.82, 2.24) is 10.4 Å². The van der Waals surface area contributed by atoms with Crippen LogP contribution in [0.25, 0.3) is 11.3 Å². The zero-order chi connectivity index (χ0) is 16.8. The number of carbonyl (C=O) groups excluding carboxylic acids is 1. The van der Waals surface area contributed by atoms with Crippen LogP contribution in [0.4, 0.5) is 0 Å². The summed E-state index contributed by atoms with van der Waals surface area (Å²) in [5, 5.41) is 7.31. The SMILES string of the molecule is O=C(Cc1nc(-c2ccccc2)cs1)N/N=C\c1ccc(Cl)cc1. The fourth-order valence-corrected chi connectivity index (χ4v) is 2.97. The summed E-state index contributed by atoms with van der Waals surface area (Å²) in [5.41, 5.74) is 5.29. The summed E-state index contributed by atoms with van der Waals surface area (Å²) in [7, 11) is 0. The normalized spacial score (nSPS) is 10.9. The molecule has 0 saturated carbocycles. The van der Waals surface area contributed by atoms with Crippen LogP contribution in [0.3, 0.4) is 0 Å². The van der Waals surface area contributed by atoms with Crippen molar-refractivity contribution in [3.05, 3.63) is 75.6 Å². The summed E-state index contributed by atoms with van der Waals surface area (Å²) in [6.45, 7) is 0. The number of hydrogen-bond donors (Lipinski definition) is 1. The van der Waals surface area contributed by atoms with Gasteiger partial charge in [0.1, 0.15) is 5.01 Å². The first-order chi connectivity index (χ1) is 11.7. The first-order valence-electron chi connectivity index (χ1n) is 7.28. The lowest BCUT2D eigenvalue weighted by Gasteiger charge is -1.98. The molecule has 1 amide bonds. The molecule has 0 fully saturated rings. The van der Waals surface area contributed by atoms with Gasteiger partial charge in [-0.25, -0.2) is 10.4 Å². The Kier molecular flexibility index (Phi) is 5.36. The predicted molar refractivity (Wildman–Crippen MR) is 98.4 cm³/mol. The van der Waals surface area contributed by atoms with Crippen molar-refractivity contribution in [2.75, 3.05) is 0 Å². The standard InChI is InChI=1S/C18H14ClN3OS/c19-15-8-6-13(7-9-15)11-20-22-17(23)10-18-21-16(12-24-18)14-4-2-1-3-5-14/h1-9,11-12H,10H2,(H,22,23)/b20-11-. The largest absolute Gasteiger partial charge is 0.273 e. The highest BCUT2D eigenvalue weighted by molar-refractivity contribution is 7.10. The summed E-state index contributed by atoms with van der Waals surface area (Å²) in [5.74, 6) is -0.200. The second-order valence-electron chi connectivity index (χ2n) is 5.01. The average molecular weight is 356 g/mol. The van der Waals surface area contributed by atoms with E-state index in [-0.39, 0.29) is 12.3 Å². The number of halogens is 1. The van der Waals surface area contributed by atoms with Crippen molar-refractivity contribution in [1.29, 1.82) is 0 Å². The molecule has 2 aromatic carbocycles. The van der Waals surface area contributed by atoms with Crippen LogP contribution >= 0.6 is 22.9 Å². The van der Waals surface area contributed by atoms with E-state index in [0.29, 0.717) is 5.02 Å². The van der Waals surface area contributed by atoms with Crippen molar-refractivity contribution < 1.29 is 4.79 Å². The third-order valence-corrected chi connectivity index (χ3v) is 4.31. The van der Waals surface area contributed by atoms with Gasteiger partial charge >= 0.3 is 0 Å². The molecule has 0 aliphatic carbocycles. The van der Waals surface area contributed by atoms with Gasteiger partial charge in [0, 0.05) is 16.0 Å². The smallest absolute Gasteiger partial charge is 0.246 e. The number of amides is 1. The van der Waals surface area contributed by atoms with E-state index in [1.54, 1.807) is 18.3 Å². The average Bonchev–Trinajstić information content (AvgIpc) is 3.06. The van der Waals surface area contributed by atoms with Crippen LogP contribution < -0.4 is 5.43 Å². The summed E-state index contributed by atoms with van der Waals surface area (Å²) < 4.78 is 0. The van der Waals surface area contributed by atoms with E-state index in [0.717, 1.165) is 21.8 Å². The highest BCUT2D eigenvalue weighted by atomic mass is 35.5. The molecular formula is C18H14ClN3OS. The molecule has 0 aliphatic heterocycles. The van der Waals surface area contributed by atoms with E-state index < -0.39 is 0 Å². The Labute approximate surface area is 148 Å². The molecule has 0 spiro atoms. The Morgan fingerprint density at radius 3 is 2.67 bits per heavy atom. The molecular weight excluding hydrogens is 342 g/mol. The molecule has 0 bridgehead atoms. The molecule has 1 heterocycles. The van der Waals surface area contributed by atoms with E-state index in [1.807, 2.05) is 47.8 Å². The Balaban J connectivity index is 1.55. The molecule has 1 N–H and O–H groups in total. The maximum Gasteiger partial charge on any atom is 0.246 e. The van der Waals surface area contributed by atoms with Gasteiger partial charge in [0.25, 0.3) is 0 Å². The number of nitrogens with zero attached hydrogens (tertiary/aromatic N) is 2. The number of benzene rings is 2. The first-order valence-corrected chi connectivity index (χ1v) is 8.54. The fourth-order valence-electron chi connectivity index (χ4n) is 2.04. The van der Waals surface area contributed by atoms with Crippen molar-refractivity contribution in [2.24, 2.45) is 5.10 Å². The summed E-state index contributed by atoms with van der Waals surface area (Å²) in [6.07, 6.45) is 1.78. The van der Waals surface area contributed by atoms with Crippen LogP contribution in [0.1, 0.15) is 10.6 Å². The van der Waals surface area contributed by atoms with Crippen LogP contribution in [0, 0.1) is 0 Å². The predicted octanol–water partition coefficient (Wildman–Crippen LogP) is 4.16. The van der Waals surface area contributed by atoms with E-state index in [1.165, 1.54) is 11.3 Å². The van der Waals surface area contributed by atoms with Crippen LogP contribution in [0.2, 0.25) is 5.02 Å². The van der Waals surface area contributed by atoms with Crippen LogP contribution in [-0.2, 0) is 11.2 Å². The molecule has 4 nitrogen and oxygen atoms in total. The maximum absolute atomic E-state index is 11.9. The highest BCUT2D eigenvalue weighted by Crippen LogP contribution is 2.21. The molecule has 6 heteroatoms. The Morgan fingerprint density at radius 2 is 1.92 bits per heavy atom. The van der Waals surface area contributed by atoms with Crippen molar-refractivity contribution in [3.63, 3.8) is 0 Å². The molecule has 1 aromatic heterocycles. The van der Waals surface area contributed by atoms with Gasteiger partial charge in [-0.1, -0.05) is 54.1 Å². The minimum absolute atomic E-state index is 0.200. The highest BCUT2D eigenvalue weighted by Gasteiger charge is 2.08. The van der Waals surface area contributed by atoms with Gasteiger partial charge in [0.15, 0.2) is 0 Å². The third kappa shape index (κ3) is 4.50. The third-order valence-electron chi connectivity index (χ3n) is 3.21. The Hall–Kier alpha value is -2.50. The number of rotatable bonds is 5. The van der Waals surface area contributed by atoms with Gasteiger partial charge < -0.3 is 0 Å². The lowest BCUT2D eigenvalue weighted by atomic mass is 10.2. The van der Waals surface area contributed by atoms with Gasteiger partial charge in [-0.05, 0) is 17.7 Å². The number of hydrogen-bond acceptors (Lipinski definition) is 4. The lowest BCUT2D eigenvalue weighted by molar-refractivity contribution is -0.120. The molecule has 0 unspecified atom stereocenters. The van der Waals surface area contributed by atoms with Gasteiger partial charge in [-0.3, -0.25) is 4.79 Å². The lowest BCUT2D eigenvalue weighted by Crippen LogP contribution is -2.19. The number of thiazole rings is 1. The number of aromatic nitrogens is 1. The molecule has 0 radical (unpaired) electrons. The summed E-state index contributed by atoms with van der Waals surface area (Å²) in [6, 6.07) is 17.1. The van der Waals surface area contributed by atoms with Crippen molar-refractivity contribution in [2.45, 2.75) is 6.42 Å². The van der Waals surface area contributed by atoms with E-state index in [4.69, 9.17) is 11.6 Å². The molecule has 3 aromatic rings. The van der Waals surface area contributed by atoms with Crippen molar-refractivity contribution >= 4 is 35.1 Å². The molecule has 120 valence electrons. The molecule has 0 saturated heterocycles. The van der Waals surface area contributed by atoms with Crippen LogP contribution in [-0.4, -0.2) is 17.1 Å². The van der Waals surface area contributed by atoms with Gasteiger partial charge in [-0.2, -0.15) is 5.10 Å². The molecule has 3 rings (SSSR count). The minimum atomic E-state index is -0.200. The Morgan fingerprint density at radius 1 is 1.17 bits per heavy atom. The van der Waals surface area contributed by atoms with Gasteiger partial charge in [0.05, 0.1) is 18.3 Å². The van der Waals surface area contributed by atoms with Gasteiger partial charge in [0.2, 0.25) is 5.91 Å². The topological polar surface area (TPSA) is 54.4 Å². The zero-order valence-corrected chi connectivity index (χ0v) is 14.2. The molecule has 0 atom stereocenters. The fraction of sp³-hybridized carbons (Fsp3) is 0.0556. The molecule has 24 heavy (non-hydrogen) atoms. The second kappa shape index (κ2) is 7.86. The number of nitrogens with one attached hydrogen (secondary N) is 1. The van der Waals surface area contributed by atoms with Crippen LogP contribution in [0.5, 0.6) is 0 Å². The summed E-state index contributed by atoms with van der Waals surface area (Å²) in [4.78, 5) is 16.4. The minimum Gasteiger partial charge on any atom is -0.273 e. The van der Waals surface area contributed by atoms with Gasteiger partial charge in [-0.15, -0.1) is 11.3 Å². The monoisotopic (exact) mass is 355 g/mol. The van der Waals surface area contributed by atoms with E-state index >= 15 is 0 Å². The second-order valence-corrected chi connectivity index (χ2v) is 6.39. The number of hydrazone groups is 1. The molecule has 0 aliphatic rings. The quantitative estimate of drug-likeness (QED) is 0.552. The Bertz CT molecular complexity index is 844. The van der Waals surface area contributed by atoms with E-state index in [2.05, 4.69) is 15.5 Å². The maximum atomic E-state index is 11.9.